The van der Waals surface area contributed by atoms with Gasteiger partial charge in [0, 0.05) is 18.5 Å². The first kappa shape index (κ1) is 30.2. The van der Waals surface area contributed by atoms with Gasteiger partial charge < -0.3 is 29.7 Å². The number of rotatable bonds is 4. The maximum Gasteiger partial charge on any atom is 0.313 e. The summed E-state index contributed by atoms with van der Waals surface area (Å²) in [4.78, 5) is 57.8. The van der Waals surface area contributed by atoms with Crippen LogP contribution in [-0.4, -0.2) is 93.7 Å². The molecule has 0 aliphatic carbocycles. The molecule has 4 heterocycles. The lowest BCUT2D eigenvalue weighted by Crippen LogP contribution is -2.62. The Labute approximate surface area is 237 Å². The van der Waals surface area contributed by atoms with E-state index >= 15 is 0 Å². The summed E-state index contributed by atoms with van der Waals surface area (Å²) in [5.74, 6) is -3.36. The number of aliphatic hydroxyl groups is 1. The Balaban J connectivity index is 1.82. The lowest BCUT2D eigenvalue weighted by Gasteiger charge is -2.46. The number of cyclic esters (lactones) is 1. The summed E-state index contributed by atoms with van der Waals surface area (Å²) < 4.78 is 12.1. The Kier molecular flexibility index (Phi) is 8.26. The van der Waals surface area contributed by atoms with Gasteiger partial charge in [-0.3, -0.25) is 19.2 Å². The van der Waals surface area contributed by atoms with Crippen LogP contribution in [-0.2, 0) is 28.7 Å². The van der Waals surface area contributed by atoms with Crippen LogP contribution in [0.25, 0.3) is 0 Å². The van der Waals surface area contributed by atoms with Gasteiger partial charge in [-0.15, -0.1) is 0 Å². The molecular weight excluding hydrogens is 514 g/mol. The minimum absolute atomic E-state index is 0.1000. The van der Waals surface area contributed by atoms with E-state index in [9.17, 15) is 24.3 Å². The number of fused-ring (bicyclic) bond motifs is 2. The zero-order valence-corrected chi connectivity index (χ0v) is 24.8. The van der Waals surface area contributed by atoms with Gasteiger partial charge in [0.2, 0.25) is 17.7 Å². The van der Waals surface area contributed by atoms with Gasteiger partial charge in [0.15, 0.2) is 0 Å². The second-order valence-electron chi connectivity index (χ2n) is 13.5. The van der Waals surface area contributed by atoms with Gasteiger partial charge in [-0.2, -0.15) is 0 Å². The van der Waals surface area contributed by atoms with Gasteiger partial charge >= 0.3 is 5.97 Å². The number of hydrogen-bond acceptors (Lipinski definition) is 7. The summed E-state index contributed by atoms with van der Waals surface area (Å²) in [5.41, 5.74) is -2.06. The maximum absolute atomic E-state index is 14.7. The molecule has 0 saturated carbocycles. The second kappa shape index (κ2) is 10.9. The number of nitrogens with zero attached hydrogens (tertiary/aromatic N) is 2. The van der Waals surface area contributed by atoms with E-state index in [1.165, 1.54) is 4.90 Å². The lowest BCUT2D eigenvalue weighted by atomic mass is 9.74. The van der Waals surface area contributed by atoms with E-state index in [0.29, 0.717) is 12.8 Å². The molecule has 0 unspecified atom stereocenters. The smallest absolute Gasteiger partial charge is 0.313 e. The van der Waals surface area contributed by atoms with Crippen molar-refractivity contribution >= 4 is 23.7 Å². The number of carbonyl (C=O) groups excluding carboxylic acids is 4. The molecule has 7 atom stereocenters. The van der Waals surface area contributed by atoms with Crippen LogP contribution in [0.3, 0.4) is 0 Å². The molecule has 3 amide bonds. The van der Waals surface area contributed by atoms with Crippen molar-refractivity contribution in [2.75, 3.05) is 19.7 Å². The fourth-order valence-electron chi connectivity index (χ4n) is 7.07. The van der Waals surface area contributed by atoms with Crippen LogP contribution in [0.5, 0.6) is 0 Å². The standard InChI is InChI=1S/C30H45N3O7/c1-18(16-34)33-24-26(37)32(29(6,7)17-28(3,4)5)14-10-8-9-11-21(35)31-15-19(2)39-27(38)22-20-12-13-30(24,40-20)23(22)25(33)36/h8,10,12-13,18-20,22-24,34H,9,11,14-17H2,1-7H3,(H,31,35)/b10-8-/t18-,19-,20+,22-,23-,24+,30-/m1/s1. The summed E-state index contributed by atoms with van der Waals surface area (Å²) in [5, 5.41) is 12.9. The quantitative estimate of drug-likeness (QED) is 0.398. The molecule has 5 bridgehead atoms. The number of ether oxygens (including phenoxy) is 2. The third kappa shape index (κ3) is 5.44. The van der Waals surface area contributed by atoms with Crippen molar-refractivity contribution in [2.45, 2.75) is 103 Å². The molecule has 10 nitrogen and oxygen atoms in total. The Hall–Kier alpha value is -2.72. The van der Waals surface area contributed by atoms with Gasteiger partial charge in [0.1, 0.15) is 23.7 Å². The molecule has 40 heavy (non-hydrogen) atoms. The summed E-state index contributed by atoms with van der Waals surface area (Å²) in [6, 6.07) is -1.73. The highest BCUT2D eigenvalue weighted by molar-refractivity contribution is 5.99. The van der Waals surface area contributed by atoms with Crippen LogP contribution in [0.2, 0.25) is 0 Å². The van der Waals surface area contributed by atoms with Gasteiger partial charge in [-0.1, -0.05) is 45.1 Å². The fourth-order valence-corrected chi connectivity index (χ4v) is 7.07. The molecule has 10 heteroatoms. The minimum atomic E-state index is -1.35. The zero-order valence-electron chi connectivity index (χ0n) is 24.8. The number of carbonyl (C=O) groups is 4. The predicted molar refractivity (Wildman–Crippen MR) is 148 cm³/mol. The number of esters is 1. The van der Waals surface area contributed by atoms with Gasteiger partial charge in [0.25, 0.3) is 0 Å². The van der Waals surface area contributed by atoms with Crippen LogP contribution >= 0.6 is 0 Å². The third-order valence-corrected chi connectivity index (χ3v) is 8.41. The number of amides is 3. The van der Waals surface area contributed by atoms with Crippen LogP contribution in [0, 0.1) is 17.3 Å². The molecule has 2 fully saturated rings. The fraction of sp³-hybridized carbons (Fsp3) is 0.733. The molecule has 2 saturated heterocycles. The van der Waals surface area contributed by atoms with Crippen LogP contribution in [0.1, 0.15) is 67.7 Å². The van der Waals surface area contributed by atoms with Gasteiger partial charge in [-0.05, 0) is 46.0 Å². The van der Waals surface area contributed by atoms with Crippen molar-refractivity contribution in [3.8, 4) is 0 Å². The van der Waals surface area contributed by atoms with Gasteiger partial charge in [-0.25, -0.2) is 0 Å². The monoisotopic (exact) mass is 559 g/mol. The van der Waals surface area contributed by atoms with E-state index < -0.39 is 59.1 Å². The molecule has 0 aromatic carbocycles. The Morgan fingerprint density at radius 2 is 1.82 bits per heavy atom. The summed E-state index contributed by atoms with van der Waals surface area (Å²) in [7, 11) is 0. The molecule has 222 valence electrons. The molecule has 0 aromatic rings. The Bertz CT molecular complexity index is 1090. The highest BCUT2D eigenvalue weighted by Crippen LogP contribution is 2.56. The number of hydrogen-bond donors (Lipinski definition) is 2. The summed E-state index contributed by atoms with van der Waals surface area (Å²) in [6.07, 6.45) is 7.39. The molecule has 4 aliphatic rings. The number of allylic oxidation sites excluding steroid dienone is 1. The molecule has 0 aromatic heterocycles. The van der Waals surface area contributed by atoms with E-state index in [-0.39, 0.29) is 43.3 Å². The van der Waals surface area contributed by atoms with E-state index in [1.807, 2.05) is 26.0 Å². The molecule has 4 aliphatic heterocycles. The van der Waals surface area contributed by atoms with Crippen molar-refractivity contribution in [1.29, 1.82) is 0 Å². The Morgan fingerprint density at radius 3 is 2.48 bits per heavy atom. The minimum Gasteiger partial charge on any atom is -0.460 e. The van der Waals surface area contributed by atoms with Crippen LogP contribution in [0.4, 0.5) is 0 Å². The summed E-state index contributed by atoms with van der Waals surface area (Å²) in [6.45, 7) is 13.8. The average molecular weight is 560 g/mol. The van der Waals surface area contributed by atoms with Crippen molar-refractivity contribution in [3.63, 3.8) is 0 Å². The van der Waals surface area contributed by atoms with Crippen molar-refractivity contribution in [1.82, 2.24) is 15.1 Å². The van der Waals surface area contributed by atoms with Crippen molar-refractivity contribution in [3.05, 3.63) is 24.3 Å². The first-order valence-corrected chi connectivity index (χ1v) is 14.4. The zero-order chi connectivity index (χ0) is 29.6. The van der Waals surface area contributed by atoms with E-state index in [1.54, 1.807) is 30.9 Å². The van der Waals surface area contributed by atoms with E-state index in [0.717, 1.165) is 0 Å². The number of aliphatic hydroxyl groups excluding tert-OH is 1. The predicted octanol–water partition coefficient (Wildman–Crippen LogP) is 1.96. The normalized spacial score (nSPS) is 35.0. The van der Waals surface area contributed by atoms with E-state index in [2.05, 4.69) is 26.1 Å². The van der Waals surface area contributed by atoms with E-state index in [4.69, 9.17) is 9.47 Å². The maximum atomic E-state index is 14.7. The third-order valence-electron chi connectivity index (χ3n) is 8.41. The number of likely N-dealkylation sites (tertiary alicyclic amines) is 1. The topological polar surface area (TPSA) is 125 Å². The SMILES string of the molecule is C[C@@H]1CNC(=O)CC/C=C\CN(C(C)(C)CC(C)(C)C)C(=O)[C@@H]2N([C@H](C)CO)C(=O)[C@H]3[C@H](C(=O)O1)[C@@H]1C=C[C@]23O1. The Morgan fingerprint density at radius 1 is 1.12 bits per heavy atom. The summed E-state index contributed by atoms with van der Waals surface area (Å²) >= 11 is 0. The average Bonchev–Trinajstić information content (AvgIpc) is 3.49. The molecule has 4 rings (SSSR count). The first-order valence-electron chi connectivity index (χ1n) is 14.4. The number of nitrogens with one attached hydrogen (secondary N) is 1. The van der Waals surface area contributed by atoms with Crippen LogP contribution < -0.4 is 5.32 Å². The molecular formula is C30H45N3O7. The van der Waals surface area contributed by atoms with Crippen molar-refractivity contribution < 1.29 is 33.8 Å². The molecule has 2 N–H and O–H groups in total. The molecule has 0 radical (unpaired) electrons. The lowest BCUT2D eigenvalue weighted by molar-refractivity contribution is -0.159. The van der Waals surface area contributed by atoms with Crippen molar-refractivity contribution in [2.24, 2.45) is 17.3 Å². The molecule has 1 spiro atoms. The van der Waals surface area contributed by atoms with Crippen LogP contribution in [0.15, 0.2) is 24.3 Å². The first-order chi connectivity index (χ1) is 18.6. The second-order valence-corrected chi connectivity index (χ2v) is 13.5. The largest absolute Gasteiger partial charge is 0.460 e. The van der Waals surface area contributed by atoms with Gasteiger partial charge in [0.05, 0.1) is 31.2 Å². The highest BCUT2D eigenvalue weighted by Gasteiger charge is 2.74. The highest BCUT2D eigenvalue weighted by atomic mass is 16.6.